The molecule has 1 aromatic heterocycles. The lowest BCUT2D eigenvalue weighted by Gasteiger charge is -2.15. The van der Waals surface area contributed by atoms with Crippen LogP contribution >= 0.6 is 0 Å². The summed E-state index contributed by atoms with van der Waals surface area (Å²) >= 11 is 0. The number of nitrogens with zero attached hydrogens (tertiary/aromatic N) is 2. The fourth-order valence-corrected chi connectivity index (χ4v) is 0.941. The topological polar surface area (TPSA) is 51.8 Å². The Kier molecular flexibility index (Phi) is 3.21. The second-order valence-corrected chi connectivity index (χ2v) is 4.06. The van der Waals surface area contributed by atoms with Crippen molar-refractivity contribution < 1.29 is 0 Å². The zero-order valence-electron chi connectivity index (χ0n) is 8.83. The molecule has 1 rings (SSSR count). The number of nitrogens with two attached hydrogens (primary N) is 1. The van der Waals surface area contributed by atoms with E-state index in [0.29, 0.717) is 12.2 Å². The van der Waals surface area contributed by atoms with E-state index in [-0.39, 0.29) is 5.41 Å². The number of hydrogen-bond acceptors (Lipinski definition) is 3. The van der Waals surface area contributed by atoms with E-state index < -0.39 is 0 Å². The van der Waals surface area contributed by atoms with Crippen LogP contribution in [0.3, 0.4) is 0 Å². The van der Waals surface area contributed by atoms with Crippen molar-refractivity contribution in [3.63, 3.8) is 0 Å². The minimum absolute atomic E-state index is 0.0345. The van der Waals surface area contributed by atoms with Gasteiger partial charge in [0.25, 0.3) is 0 Å². The summed E-state index contributed by atoms with van der Waals surface area (Å²) in [6.07, 6.45) is 0. The zero-order valence-corrected chi connectivity index (χ0v) is 8.83. The number of aromatic nitrogens is 2. The van der Waals surface area contributed by atoms with E-state index in [0.717, 1.165) is 5.69 Å². The van der Waals surface area contributed by atoms with Gasteiger partial charge < -0.3 is 5.73 Å². The van der Waals surface area contributed by atoms with Crippen LogP contribution in [0.5, 0.6) is 0 Å². The summed E-state index contributed by atoms with van der Waals surface area (Å²) in [5.74, 6) is 5.57. The molecular weight excluding hydrogens is 174 g/mol. The van der Waals surface area contributed by atoms with Crippen LogP contribution in [0.1, 0.15) is 32.2 Å². The highest BCUT2D eigenvalue weighted by Crippen LogP contribution is 2.18. The van der Waals surface area contributed by atoms with Crippen LogP contribution < -0.4 is 5.73 Å². The minimum Gasteiger partial charge on any atom is -0.320 e. The average molecular weight is 189 g/mol. The summed E-state index contributed by atoms with van der Waals surface area (Å²) in [7, 11) is 0. The quantitative estimate of drug-likeness (QED) is 0.621. The molecule has 0 unspecified atom stereocenters. The molecule has 0 atom stereocenters. The molecule has 14 heavy (non-hydrogen) atoms. The molecule has 0 radical (unpaired) electrons. The third-order valence-corrected chi connectivity index (χ3v) is 1.75. The van der Waals surface area contributed by atoms with Crippen molar-refractivity contribution in [2.24, 2.45) is 5.73 Å². The van der Waals surface area contributed by atoms with Crippen LogP contribution in [0.25, 0.3) is 0 Å². The van der Waals surface area contributed by atoms with Crippen molar-refractivity contribution >= 4 is 0 Å². The van der Waals surface area contributed by atoms with Gasteiger partial charge >= 0.3 is 0 Å². The Hall–Kier alpha value is -1.40. The Bertz CT molecular complexity index is 349. The highest BCUT2D eigenvalue weighted by molar-refractivity contribution is 5.28. The maximum Gasteiger partial charge on any atom is 0.135 e. The highest BCUT2D eigenvalue weighted by atomic mass is 15.1. The third kappa shape index (κ3) is 2.82. The largest absolute Gasteiger partial charge is 0.320 e. The SMILES string of the molecule is CC(C)(C)c1ccc(C#CCN)nn1. The zero-order chi connectivity index (χ0) is 10.6. The summed E-state index contributed by atoms with van der Waals surface area (Å²) in [5.41, 5.74) is 6.93. The first-order chi connectivity index (χ1) is 6.54. The second-order valence-electron chi connectivity index (χ2n) is 4.06. The van der Waals surface area contributed by atoms with Crippen LogP contribution in [-0.2, 0) is 5.41 Å². The second kappa shape index (κ2) is 4.21. The molecule has 0 amide bonds. The standard InChI is InChI=1S/C11H15N3/c1-11(2,3)10-7-6-9(13-14-10)5-4-8-12/h6-7H,8,12H2,1-3H3. The van der Waals surface area contributed by atoms with Crippen LogP contribution in [0.2, 0.25) is 0 Å². The van der Waals surface area contributed by atoms with E-state index in [9.17, 15) is 0 Å². The number of hydrogen-bond donors (Lipinski definition) is 1. The van der Waals surface area contributed by atoms with E-state index in [4.69, 9.17) is 5.73 Å². The maximum atomic E-state index is 5.25. The minimum atomic E-state index is 0.0345. The van der Waals surface area contributed by atoms with E-state index in [1.54, 1.807) is 0 Å². The molecule has 0 aliphatic carbocycles. The van der Waals surface area contributed by atoms with Crippen molar-refractivity contribution in [2.75, 3.05) is 6.54 Å². The summed E-state index contributed by atoms with van der Waals surface area (Å²) in [4.78, 5) is 0. The van der Waals surface area contributed by atoms with Gasteiger partial charge in [-0.1, -0.05) is 26.7 Å². The van der Waals surface area contributed by atoms with Gasteiger partial charge in [0.05, 0.1) is 12.2 Å². The summed E-state index contributed by atoms with van der Waals surface area (Å²) in [6.45, 7) is 6.65. The lowest BCUT2D eigenvalue weighted by atomic mass is 9.92. The Labute approximate surface area is 84.7 Å². The Morgan fingerprint density at radius 3 is 2.43 bits per heavy atom. The molecule has 0 spiro atoms. The van der Waals surface area contributed by atoms with Crippen molar-refractivity contribution in [3.8, 4) is 11.8 Å². The Balaban J connectivity index is 2.89. The smallest absolute Gasteiger partial charge is 0.135 e. The average Bonchev–Trinajstić information content (AvgIpc) is 2.14. The van der Waals surface area contributed by atoms with Gasteiger partial charge in [-0.3, -0.25) is 0 Å². The molecule has 0 bridgehead atoms. The van der Waals surface area contributed by atoms with Gasteiger partial charge in [-0.05, 0) is 18.1 Å². The molecule has 1 heterocycles. The van der Waals surface area contributed by atoms with Gasteiger partial charge in [0.1, 0.15) is 5.69 Å². The van der Waals surface area contributed by atoms with Crippen LogP contribution in [0.15, 0.2) is 12.1 Å². The lowest BCUT2D eigenvalue weighted by Crippen LogP contribution is -2.14. The maximum absolute atomic E-state index is 5.25. The van der Waals surface area contributed by atoms with Gasteiger partial charge in [-0.2, -0.15) is 5.10 Å². The molecule has 3 heteroatoms. The van der Waals surface area contributed by atoms with Crippen LogP contribution in [0, 0.1) is 11.8 Å². The normalized spacial score (nSPS) is 10.6. The fourth-order valence-electron chi connectivity index (χ4n) is 0.941. The molecular formula is C11H15N3. The van der Waals surface area contributed by atoms with Gasteiger partial charge in [0, 0.05) is 5.41 Å². The molecule has 74 valence electrons. The summed E-state index contributed by atoms with van der Waals surface area (Å²) in [5, 5.41) is 8.11. The first-order valence-corrected chi connectivity index (χ1v) is 4.57. The van der Waals surface area contributed by atoms with E-state index in [2.05, 4.69) is 42.8 Å². The number of rotatable bonds is 0. The fraction of sp³-hybridized carbons (Fsp3) is 0.455. The van der Waals surface area contributed by atoms with Gasteiger partial charge in [0.2, 0.25) is 0 Å². The predicted octanol–water partition coefficient (Wildman–Crippen LogP) is 1.08. The molecule has 0 aliphatic heterocycles. The highest BCUT2D eigenvalue weighted by Gasteiger charge is 2.15. The van der Waals surface area contributed by atoms with Crippen molar-refractivity contribution in [2.45, 2.75) is 26.2 Å². The summed E-state index contributed by atoms with van der Waals surface area (Å²) in [6, 6.07) is 3.82. The summed E-state index contributed by atoms with van der Waals surface area (Å²) < 4.78 is 0. The van der Waals surface area contributed by atoms with Gasteiger partial charge in [-0.25, -0.2) is 0 Å². The van der Waals surface area contributed by atoms with Gasteiger partial charge in [-0.15, -0.1) is 5.10 Å². The third-order valence-electron chi connectivity index (χ3n) is 1.75. The van der Waals surface area contributed by atoms with Gasteiger partial charge in [0.15, 0.2) is 0 Å². The van der Waals surface area contributed by atoms with Crippen molar-refractivity contribution in [1.29, 1.82) is 0 Å². The molecule has 0 fully saturated rings. The predicted molar refractivity (Wildman–Crippen MR) is 56.7 cm³/mol. The van der Waals surface area contributed by atoms with E-state index in [1.165, 1.54) is 0 Å². The first-order valence-electron chi connectivity index (χ1n) is 4.57. The van der Waals surface area contributed by atoms with Crippen LogP contribution in [-0.4, -0.2) is 16.7 Å². The first kappa shape index (κ1) is 10.7. The Morgan fingerprint density at radius 2 is 2.00 bits per heavy atom. The molecule has 1 aromatic rings. The molecule has 0 saturated carbocycles. The lowest BCUT2D eigenvalue weighted by molar-refractivity contribution is 0.558. The molecule has 0 saturated heterocycles. The van der Waals surface area contributed by atoms with Crippen LogP contribution in [0.4, 0.5) is 0 Å². The Morgan fingerprint density at radius 1 is 1.29 bits per heavy atom. The van der Waals surface area contributed by atoms with E-state index >= 15 is 0 Å². The monoisotopic (exact) mass is 189 g/mol. The molecule has 0 aliphatic rings. The van der Waals surface area contributed by atoms with Crippen molar-refractivity contribution in [1.82, 2.24) is 10.2 Å². The molecule has 3 nitrogen and oxygen atoms in total. The molecule has 0 aromatic carbocycles. The van der Waals surface area contributed by atoms with Crippen molar-refractivity contribution in [3.05, 3.63) is 23.5 Å². The molecule has 2 N–H and O–H groups in total. The van der Waals surface area contributed by atoms with E-state index in [1.807, 2.05) is 12.1 Å².